The van der Waals surface area contributed by atoms with Crippen molar-refractivity contribution in [3.8, 4) is 0 Å². The van der Waals surface area contributed by atoms with E-state index in [4.69, 9.17) is 0 Å². The summed E-state index contributed by atoms with van der Waals surface area (Å²) in [4.78, 5) is 3.86. The zero-order chi connectivity index (χ0) is 12.3. The van der Waals surface area contributed by atoms with Gasteiger partial charge in [-0.3, -0.25) is 4.98 Å². The number of hydrogen-bond donors (Lipinski definition) is 1. The van der Waals surface area contributed by atoms with Gasteiger partial charge in [0.2, 0.25) is 0 Å². The van der Waals surface area contributed by atoms with Crippen molar-refractivity contribution in [2.75, 3.05) is 0 Å². The molecule has 94 valence electrons. The fourth-order valence-corrected chi connectivity index (χ4v) is 2.93. The zero-order valence-electron chi connectivity index (χ0n) is 10.6. The number of pyridine rings is 1. The van der Waals surface area contributed by atoms with Crippen LogP contribution in [0, 0.1) is 17.7 Å². The van der Waals surface area contributed by atoms with E-state index in [0.717, 1.165) is 23.9 Å². The molecule has 1 aliphatic carbocycles. The summed E-state index contributed by atoms with van der Waals surface area (Å²) in [6, 6.07) is 2.12. The summed E-state index contributed by atoms with van der Waals surface area (Å²) in [6.07, 6.45) is 6.76. The monoisotopic (exact) mass is 236 g/mol. The number of nitrogens with one attached hydrogen (secondary N) is 1. The Morgan fingerprint density at radius 3 is 2.59 bits per heavy atom. The molecule has 0 aromatic carbocycles. The van der Waals surface area contributed by atoms with E-state index in [1.807, 2.05) is 0 Å². The van der Waals surface area contributed by atoms with Crippen LogP contribution in [0.25, 0.3) is 0 Å². The molecule has 0 saturated heterocycles. The first-order valence-electron chi connectivity index (χ1n) is 6.46. The third kappa shape index (κ3) is 3.77. The van der Waals surface area contributed by atoms with Gasteiger partial charge in [0, 0.05) is 18.8 Å². The Balaban J connectivity index is 1.85. The zero-order valence-corrected chi connectivity index (χ0v) is 10.6. The molecule has 1 aromatic heterocycles. The number of hydrogen-bond acceptors (Lipinski definition) is 2. The topological polar surface area (TPSA) is 24.9 Å². The van der Waals surface area contributed by atoms with E-state index >= 15 is 0 Å². The van der Waals surface area contributed by atoms with Gasteiger partial charge in [0.1, 0.15) is 5.82 Å². The molecule has 0 radical (unpaired) electrons. The Labute approximate surface area is 103 Å². The van der Waals surface area contributed by atoms with Gasteiger partial charge in [0.25, 0.3) is 0 Å². The summed E-state index contributed by atoms with van der Waals surface area (Å²) in [5.74, 6) is 1.33. The van der Waals surface area contributed by atoms with Crippen molar-refractivity contribution in [3.63, 3.8) is 0 Å². The fourth-order valence-electron chi connectivity index (χ4n) is 2.93. The normalized spacial score (nSPS) is 29.2. The van der Waals surface area contributed by atoms with Crippen LogP contribution in [-0.2, 0) is 6.54 Å². The largest absolute Gasteiger partial charge is 0.310 e. The van der Waals surface area contributed by atoms with Crippen molar-refractivity contribution >= 4 is 0 Å². The van der Waals surface area contributed by atoms with Gasteiger partial charge < -0.3 is 5.32 Å². The second-order valence-electron chi connectivity index (χ2n) is 5.51. The average molecular weight is 236 g/mol. The molecule has 0 amide bonds. The van der Waals surface area contributed by atoms with Gasteiger partial charge in [0.15, 0.2) is 0 Å². The van der Waals surface area contributed by atoms with Crippen LogP contribution in [0.2, 0.25) is 0 Å². The summed E-state index contributed by atoms with van der Waals surface area (Å²) in [7, 11) is 0. The Hall–Kier alpha value is -0.960. The molecule has 2 nitrogen and oxygen atoms in total. The van der Waals surface area contributed by atoms with Crippen molar-refractivity contribution in [1.29, 1.82) is 0 Å². The van der Waals surface area contributed by atoms with E-state index < -0.39 is 0 Å². The second kappa shape index (κ2) is 5.58. The highest BCUT2D eigenvalue weighted by Crippen LogP contribution is 2.28. The van der Waals surface area contributed by atoms with E-state index in [0.29, 0.717) is 6.04 Å². The molecule has 1 heterocycles. The first-order chi connectivity index (χ1) is 8.13. The summed E-state index contributed by atoms with van der Waals surface area (Å²) in [5.41, 5.74) is 0.927. The highest BCUT2D eigenvalue weighted by molar-refractivity contribution is 5.09. The highest BCUT2D eigenvalue weighted by Gasteiger charge is 2.23. The first kappa shape index (κ1) is 12.5. The van der Waals surface area contributed by atoms with Crippen molar-refractivity contribution in [2.45, 2.75) is 45.7 Å². The fraction of sp³-hybridized carbons (Fsp3) is 0.643. The molecule has 0 aliphatic heterocycles. The Bertz CT molecular complexity index is 357. The summed E-state index contributed by atoms with van der Waals surface area (Å²) >= 11 is 0. The Morgan fingerprint density at radius 2 is 1.94 bits per heavy atom. The van der Waals surface area contributed by atoms with Crippen LogP contribution in [-0.4, -0.2) is 11.0 Å². The molecule has 2 atom stereocenters. The Kier molecular flexibility index (Phi) is 4.11. The molecule has 1 aromatic rings. The number of halogens is 1. The third-order valence-corrected chi connectivity index (χ3v) is 3.53. The number of nitrogens with zero attached hydrogens (tertiary/aromatic N) is 1. The van der Waals surface area contributed by atoms with Crippen LogP contribution in [0.3, 0.4) is 0 Å². The maximum absolute atomic E-state index is 13.0. The minimum Gasteiger partial charge on any atom is -0.310 e. The Morgan fingerprint density at radius 1 is 1.24 bits per heavy atom. The first-order valence-corrected chi connectivity index (χ1v) is 6.46. The van der Waals surface area contributed by atoms with Gasteiger partial charge in [-0.05, 0) is 42.7 Å². The van der Waals surface area contributed by atoms with Crippen molar-refractivity contribution in [2.24, 2.45) is 11.8 Å². The van der Waals surface area contributed by atoms with Crippen LogP contribution >= 0.6 is 0 Å². The molecule has 1 N–H and O–H groups in total. The molecule has 1 aliphatic rings. The van der Waals surface area contributed by atoms with Gasteiger partial charge in [-0.1, -0.05) is 13.8 Å². The summed E-state index contributed by atoms with van der Waals surface area (Å²) < 4.78 is 13.0. The maximum Gasteiger partial charge on any atom is 0.141 e. The lowest BCUT2D eigenvalue weighted by Crippen LogP contribution is -2.35. The molecular formula is C14H21FN2. The van der Waals surface area contributed by atoms with E-state index in [2.05, 4.69) is 24.1 Å². The van der Waals surface area contributed by atoms with Crippen molar-refractivity contribution < 1.29 is 4.39 Å². The van der Waals surface area contributed by atoms with Crippen LogP contribution in [0.1, 0.15) is 38.7 Å². The van der Waals surface area contributed by atoms with E-state index in [1.165, 1.54) is 25.5 Å². The average Bonchev–Trinajstić information content (AvgIpc) is 2.25. The van der Waals surface area contributed by atoms with E-state index in [-0.39, 0.29) is 5.82 Å². The lowest BCUT2D eigenvalue weighted by Gasteiger charge is -2.32. The van der Waals surface area contributed by atoms with Crippen LogP contribution in [0.5, 0.6) is 0 Å². The molecule has 1 saturated carbocycles. The molecule has 3 heteroatoms. The smallest absolute Gasteiger partial charge is 0.141 e. The predicted molar refractivity (Wildman–Crippen MR) is 67.0 cm³/mol. The van der Waals surface area contributed by atoms with E-state index in [9.17, 15) is 4.39 Å². The quantitative estimate of drug-likeness (QED) is 0.872. The minimum atomic E-state index is -0.255. The number of aromatic nitrogens is 1. The lowest BCUT2D eigenvalue weighted by molar-refractivity contribution is 0.238. The van der Waals surface area contributed by atoms with Gasteiger partial charge in [-0.25, -0.2) is 4.39 Å². The summed E-state index contributed by atoms with van der Waals surface area (Å²) in [6.45, 7) is 5.34. The van der Waals surface area contributed by atoms with Gasteiger partial charge in [-0.15, -0.1) is 0 Å². The molecule has 0 bridgehead atoms. The van der Waals surface area contributed by atoms with Crippen LogP contribution in [0.4, 0.5) is 4.39 Å². The highest BCUT2D eigenvalue weighted by atomic mass is 19.1. The molecular weight excluding hydrogens is 215 g/mol. The predicted octanol–water partition coefficient (Wildman–Crippen LogP) is 3.14. The maximum atomic E-state index is 13.0. The second-order valence-corrected chi connectivity index (χ2v) is 5.51. The van der Waals surface area contributed by atoms with Crippen LogP contribution in [0.15, 0.2) is 18.5 Å². The number of rotatable bonds is 3. The summed E-state index contributed by atoms with van der Waals surface area (Å²) in [5, 5.41) is 3.52. The lowest BCUT2D eigenvalue weighted by atomic mass is 9.80. The SMILES string of the molecule is CC1CC(C)CC(NCc2cncc(F)c2)C1. The van der Waals surface area contributed by atoms with Crippen LogP contribution < -0.4 is 5.32 Å². The molecule has 1 fully saturated rings. The molecule has 2 unspecified atom stereocenters. The minimum absolute atomic E-state index is 0.255. The molecule has 0 spiro atoms. The molecule has 17 heavy (non-hydrogen) atoms. The molecule has 2 rings (SSSR count). The van der Waals surface area contributed by atoms with Crippen molar-refractivity contribution in [3.05, 3.63) is 29.8 Å². The van der Waals surface area contributed by atoms with Gasteiger partial charge >= 0.3 is 0 Å². The van der Waals surface area contributed by atoms with Gasteiger partial charge in [0.05, 0.1) is 6.20 Å². The van der Waals surface area contributed by atoms with E-state index in [1.54, 1.807) is 12.3 Å². The standard InChI is InChI=1S/C14H21FN2/c1-10-3-11(2)5-14(4-10)17-8-12-6-13(15)9-16-7-12/h6-7,9-11,14,17H,3-5,8H2,1-2H3. The van der Waals surface area contributed by atoms with Crippen molar-refractivity contribution in [1.82, 2.24) is 10.3 Å². The van der Waals surface area contributed by atoms with Gasteiger partial charge in [-0.2, -0.15) is 0 Å². The third-order valence-electron chi connectivity index (χ3n) is 3.53.